The van der Waals surface area contributed by atoms with Gasteiger partial charge in [-0.05, 0) is 17.7 Å². The number of hydrogen-bond donors (Lipinski definition) is 0. The molecular weight excluding hydrogens is 232 g/mol. The van der Waals surface area contributed by atoms with Crippen LogP contribution in [-0.2, 0) is 9.53 Å². The molecule has 0 saturated heterocycles. The zero-order valence-electron chi connectivity index (χ0n) is 9.71. The number of hydrogen-bond acceptors (Lipinski definition) is 4. The Morgan fingerprint density at radius 1 is 1.33 bits per heavy atom. The fraction of sp³-hybridized carbons (Fsp3) is 0.154. The molecular formula is C13H10N2O3. The van der Waals surface area contributed by atoms with Crippen molar-refractivity contribution in [3.63, 3.8) is 0 Å². The summed E-state index contributed by atoms with van der Waals surface area (Å²) in [5, 5.41) is 8.25. The summed E-state index contributed by atoms with van der Waals surface area (Å²) >= 11 is 0. The number of nitrogens with zero attached hydrogens (tertiary/aromatic N) is 2. The molecule has 1 amide bonds. The predicted molar refractivity (Wildman–Crippen MR) is 64.9 cm³/mol. The number of azo groups is 1. The summed E-state index contributed by atoms with van der Waals surface area (Å²) in [5.41, 5.74) is 2.40. The van der Waals surface area contributed by atoms with Crippen LogP contribution < -0.4 is 0 Å². The van der Waals surface area contributed by atoms with Crippen LogP contribution in [0.1, 0.15) is 5.56 Å². The zero-order valence-corrected chi connectivity index (χ0v) is 9.71. The van der Waals surface area contributed by atoms with Gasteiger partial charge in [0, 0.05) is 11.0 Å². The van der Waals surface area contributed by atoms with E-state index in [1.54, 1.807) is 6.26 Å². The van der Waals surface area contributed by atoms with Crippen molar-refractivity contribution in [2.24, 2.45) is 10.2 Å². The molecule has 5 heteroatoms. The Hall–Kier alpha value is -2.43. The number of fused-ring (bicyclic) bond motifs is 1. The van der Waals surface area contributed by atoms with Gasteiger partial charge in [-0.2, -0.15) is 5.11 Å². The molecule has 0 bridgehead atoms. The fourth-order valence-corrected chi connectivity index (χ4v) is 2.09. The van der Waals surface area contributed by atoms with Crippen LogP contribution in [-0.4, -0.2) is 19.6 Å². The van der Waals surface area contributed by atoms with Crippen LogP contribution >= 0.6 is 0 Å². The van der Waals surface area contributed by atoms with E-state index in [0.717, 1.165) is 22.1 Å². The van der Waals surface area contributed by atoms with Crippen molar-refractivity contribution in [3.05, 3.63) is 41.9 Å². The molecule has 0 spiro atoms. The van der Waals surface area contributed by atoms with E-state index >= 15 is 0 Å². The first-order valence-electron chi connectivity index (χ1n) is 5.47. The minimum Gasteiger partial charge on any atom is -0.491 e. The van der Waals surface area contributed by atoms with Crippen molar-refractivity contribution in [2.45, 2.75) is 0 Å². The van der Waals surface area contributed by atoms with Gasteiger partial charge in [0.15, 0.2) is 5.76 Å². The van der Waals surface area contributed by atoms with Crippen molar-refractivity contribution < 1.29 is 13.9 Å². The van der Waals surface area contributed by atoms with Crippen molar-refractivity contribution in [1.82, 2.24) is 0 Å². The first-order chi connectivity index (χ1) is 8.81. The van der Waals surface area contributed by atoms with E-state index in [1.165, 1.54) is 7.11 Å². The van der Waals surface area contributed by atoms with Gasteiger partial charge in [-0.3, -0.25) is 4.79 Å². The van der Waals surface area contributed by atoms with Gasteiger partial charge in [-0.25, -0.2) is 0 Å². The van der Waals surface area contributed by atoms with E-state index in [4.69, 9.17) is 9.15 Å². The number of benzene rings is 1. The lowest BCUT2D eigenvalue weighted by Gasteiger charge is -2.13. The Bertz CT molecular complexity index is 682. The third-order valence-corrected chi connectivity index (χ3v) is 2.88. The van der Waals surface area contributed by atoms with E-state index in [1.807, 2.05) is 24.3 Å². The quantitative estimate of drug-likeness (QED) is 0.813. The third kappa shape index (κ3) is 1.52. The molecule has 0 atom stereocenters. The van der Waals surface area contributed by atoms with E-state index in [2.05, 4.69) is 10.2 Å². The lowest BCUT2D eigenvalue weighted by Crippen LogP contribution is -2.10. The van der Waals surface area contributed by atoms with Crippen LogP contribution in [0.3, 0.4) is 0 Å². The van der Waals surface area contributed by atoms with Gasteiger partial charge in [0.05, 0.1) is 19.9 Å². The lowest BCUT2D eigenvalue weighted by atomic mass is 10.00. The first kappa shape index (κ1) is 10.7. The van der Waals surface area contributed by atoms with Crippen LogP contribution in [0.15, 0.2) is 50.9 Å². The minimum absolute atomic E-state index is 0.249. The van der Waals surface area contributed by atoms with Gasteiger partial charge in [-0.1, -0.05) is 12.1 Å². The highest BCUT2D eigenvalue weighted by molar-refractivity contribution is 6.04. The summed E-state index contributed by atoms with van der Waals surface area (Å²) < 4.78 is 10.5. The molecule has 1 aromatic carbocycles. The molecule has 3 rings (SSSR count). The van der Waals surface area contributed by atoms with Crippen LogP contribution in [0.25, 0.3) is 16.5 Å². The maximum absolute atomic E-state index is 11.6. The number of furan rings is 1. The molecule has 18 heavy (non-hydrogen) atoms. The molecule has 0 saturated carbocycles. The van der Waals surface area contributed by atoms with Crippen LogP contribution in [0.4, 0.5) is 0 Å². The number of methoxy groups -OCH3 is 1. The number of amides is 1. The molecule has 1 aromatic heterocycles. The first-order valence-corrected chi connectivity index (χ1v) is 5.47. The Morgan fingerprint density at radius 3 is 3.06 bits per heavy atom. The monoisotopic (exact) mass is 242 g/mol. The van der Waals surface area contributed by atoms with Crippen molar-refractivity contribution in [1.29, 1.82) is 0 Å². The largest absolute Gasteiger partial charge is 0.491 e. The molecule has 0 N–H and O–H groups in total. The summed E-state index contributed by atoms with van der Waals surface area (Å²) in [5.74, 6) is -0.196. The number of ether oxygens (including phenoxy) is 1. The molecule has 90 valence electrons. The summed E-state index contributed by atoms with van der Waals surface area (Å²) in [6, 6.07) is 7.53. The second kappa shape index (κ2) is 4.10. The number of carbonyl (C=O) groups excluding carboxylic acids is 1. The number of carbonyl (C=O) groups is 1. The van der Waals surface area contributed by atoms with Crippen LogP contribution in [0.5, 0.6) is 0 Å². The molecule has 5 nitrogen and oxygen atoms in total. The summed E-state index contributed by atoms with van der Waals surface area (Å²) in [6.07, 6.45) is 1.62. The Morgan fingerprint density at radius 2 is 2.22 bits per heavy atom. The average Bonchev–Trinajstić information content (AvgIpc) is 2.86. The number of rotatable bonds is 2. The third-order valence-electron chi connectivity index (χ3n) is 2.88. The molecule has 0 unspecified atom stereocenters. The van der Waals surface area contributed by atoms with E-state index in [-0.39, 0.29) is 5.76 Å². The van der Waals surface area contributed by atoms with Gasteiger partial charge in [0.2, 0.25) is 0 Å². The molecule has 0 aliphatic carbocycles. The predicted octanol–water partition coefficient (Wildman–Crippen LogP) is 2.78. The summed E-state index contributed by atoms with van der Waals surface area (Å²) in [4.78, 5) is 11.6. The van der Waals surface area contributed by atoms with Crippen molar-refractivity contribution >= 4 is 22.4 Å². The van der Waals surface area contributed by atoms with Gasteiger partial charge in [0.1, 0.15) is 5.58 Å². The lowest BCUT2D eigenvalue weighted by molar-refractivity contribution is -0.117. The van der Waals surface area contributed by atoms with E-state index in [9.17, 15) is 4.79 Å². The fourth-order valence-electron chi connectivity index (χ4n) is 2.09. The van der Waals surface area contributed by atoms with Crippen LogP contribution in [0, 0.1) is 0 Å². The summed E-state index contributed by atoms with van der Waals surface area (Å²) in [6.45, 7) is 0.333. The Balaban J connectivity index is 2.25. The van der Waals surface area contributed by atoms with Gasteiger partial charge < -0.3 is 9.15 Å². The zero-order chi connectivity index (χ0) is 12.5. The van der Waals surface area contributed by atoms with Crippen molar-refractivity contribution in [3.8, 4) is 0 Å². The van der Waals surface area contributed by atoms with E-state index in [0.29, 0.717) is 6.54 Å². The van der Waals surface area contributed by atoms with Crippen molar-refractivity contribution in [2.75, 3.05) is 13.7 Å². The molecule has 2 heterocycles. The second-order valence-corrected chi connectivity index (χ2v) is 3.85. The maximum Gasteiger partial charge on any atom is 0.330 e. The Labute approximate surface area is 103 Å². The Kier molecular flexibility index (Phi) is 2.44. The SMILES string of the molecule is COC1=C(c2cccc3occc23)CN=NC1=O. The van der Waals surface area contributed by atoms with Crippen LogP contribution in [0.2, 0.25) is 0 Å². The van der Waals surface area contributed by atoms with Gasteiger partial charge >= 0.3 is 5.91 Å². The maximum atomic E-state index is 11.6. The molecule has 0 fully saturated rings. The second-order valence-electron chi connectivity index (χ2n) is 3.85. The van der Waals surface area contributed by atoms with Gasteiger partial charge in [0.25, 0.3) is 0 Å². The normalized spacial score (nSPS) is 15.5. The molecule has 2 aromatic rings. The molecule has 0 radical (unpaired) electrons. The van der Waals surface area contributed by atoms with Gasteiger partial charge in [-0.15, -0.1) is 5.11 Å². The highest BCUT2D eigenvalue weighted by Crippen LogP contribution is 2.30. The highest BCUT2D eigenvalue weighted by Gasteiger charge is 2.22. The highest BCUT2D eigenvalue weighted by atomic mass is 16.5. The standard InChI is InChI=1S/C13H10N2O3/c1-17-12-10(7-14-15-13(12)16)8-3-2-4-11-9(8)5-6-18-11/h2-6H,7H2,1H3. The molecule has 1 aliphatic heterocycles. The smallest absolute Gasteiger partial charge is 0.330 e. The topological polar surface area (TPSA) is 64.2 Å². The minimum atomic E-state index is -0.445. The average molecular weight is 242 g/mol. The van der Waals surface area contributed by atoms with E-state index < -0.39 is 5.91 Å². The molecule has 1 aliphatic rings. The summed E-state index contributed by atoms with van der Waals surface area (Å²) in [7, 11) is 1.46.